The van der Waals surface area contributed by atoms with Gasteiger partial charge in [-0.15, -0.1) is 0 Å². The molecule has 3 amide bonds. The summed E-state index contributed by atoms with van der Waals surface area (Å²) in [5, 5.41) is 6.16. The lowest BCUT2D eigenvalue weighted by molar-refractivity contribution is -0.145. The van der Waals surface area contributed by atoms with Crippen LogP contribution in [0.15, 0.2) is 18.2 Å². The van der Waals surface area contributed by atoms with Gasteiger partial charge in [0, 0.05) is 23.3 Å². The molecule has 1 aromatic rings. The molecule has 6 nitrogen and oxygen atoms in total. The molecular weight excluding hydrogens is 393 g/mol. The van der Waals surface area contributed by atoms with Gasteiger partial charge in [0.1, 0.15) is 11.4 Å². The summed E-state index contributed by atoms with van der Waals surface area (Å²) in [6.45, 7) is 0. The monoisotopic (exact) mass is 417 g/mol. The fraction of sp³-hybridized carbons (Fsp3) is 0.571. The first kappa shape index (κ1) is 19.1. The van der Waals surface area contributed by atoms with E-state index in [2.05, 4.69) is 10.6 Å². The molecule has 0 bridgehead atoms. The number of likely N-dealkylation sites (tertiary alicyclic amines) is 1. The zero-order valence-corrected chi connectivity index (χ0v) is 17.1. The van der Waals surface area contributed by atoms with Crippen LogP contribution in [-0.2, 0) is 19.9 Å². The summed E-state index contributed by atoms with van der Waals surface area (Å²) in [4.78, 5) is 41.7. The number of hydrogen-bond donors (Lipinski definition) is 2. The summed E-state index contributed by atoms with van der Waals surface area (Å²) in [6.07, 6.45) is 6.31. The van der Waals surface area contributed by atoms with Crippen molar-refractivity contribution in [3.63, 3.8) is 0 Å². The largest absolute Gasteiger partial charge is 0.324 e. The molecule has 154 valence electrons. The summed E-state index contributed by atoms with van der Waals surface area (Å²) in [6, 6.07) is 3.77. The van der Waals surface area contributed by atoms with E-state index in [1.54, 1.807) is 11.8 Å². The van der Waals surface area contributed by atoms with Crippen LogP contribution in [0.4, 0.5) is 10.1 Å². The Balaban J connectivity index is 1.63. The van der Waals surface area contributed by atoms with E-state index >= 15 is 0 Å². The number of fused-ring (bicyclic) bond motifs is 4. The van der Waals surface area contributed by atoms with Crippen molar-refractivity contribution >= 4 is 35.2 Å². The highest BCUT2D eigenvalue weighted by Gasteiger charge is 2.70. The second kappa shape index (κ2) is 6.80. The van der Waals surface area contributed by atoms with Crippen molar-refractivity contribution in [2.75, 3.05) is 17.3 Å². The zero-order valence-electron chi connectivity index (χ0n) is 16.2. The van der Waals surface area contributed by atoms with Gasteiger partial charge in [-0.1, -0.05) is 12.8 Å². The van der Waals surface area contributed by atoms with E-state index in [1.807, 2.05) is 6.26 Å². The molecule has 0 radical (unpaired) electrons. The van der Waals surface area contributed by atoms with Gasteiger partial charge in [-0.2, -0.15) is 11.8 Å². The third-order valence-electron chi connectivity index (χ3n) is 7.03. The van der Waals surface area contributed by atoms with Crippen molar-refractivity contribution < 1.29 is 18.8 Å². The number of carbonyl (C=O) groups is 3. The number of amides is 3. The predicted octanol–water partition coefficient (Wildman–Crippen LogP) is 2.24. The molecular formula is C21H24FN3O3S. The number of imide groups is 1. The van der Waals surface area contributed by atoms with Crippen LogP contribution in [-0.4, -0.2) is 46.7 Å². The molecule has 2 saturated heterocycles. The van der Waals surface area contributed by atoms with Crippen molar-refractivity contribution in [3.05, 3.63) is 29.6 Å². The van der Waals surface area contributed by atoms with Crippen molar-refractivity contribution in [2.45, 2.75) is 49.7 Å². The maximum Gasteiger partial charge on any atom is 0.250 e. The van der Waals surface area contributed by atoms with Gasteiger partial charge in [0.15, 0.2) is 0 Å². The molecule has 3 aliphatic heterocycles. The standard InChI is InChI=1S/C21H24FN3O3S/c1-29-9-8-15-16-17(19(27)25(18(16)26)12-4-2-3-5-12)21(24-15)13-10-11(22)6-7-14(13)23-20(21)28/h6-7,10,12,15-17,24H,2-5,8-9H2,1H3,(H,23,28)/t15-,16-,17+,21+/m1/s1. The van der Waals surface area contributed by atoms with E-state index in [-0.39, 0.29) is 29.8 Å². The maximum absolute atomic E-state index is 14.1. The Kier molecular flexibility index (Phi) is 4.47. The van der Waals surface area contributed by atoms with E-state index in [4.69, 9.17) is 0 Å². The molecule has 29 heavy (non-hydrogen) atoms. The molecule has 0 unspecified atom stereocenters. The molecule has 0 aromatic heterocycles. The highest BCUT2D eigenvalue weighted by Crippen LogP contribution is 2.54. The van der Waals surface area contributed by atoms with Gasteiger partial charge < -0.3 is 5.32 Å². The fourth-order valence-electron chi connectivity index (χ4n) is 5.81. The Hall–Kier alpha value is -1.93. The van der Waals surface area contributed by atoms with E-state index in [1.165, 1.54) is 23.1 Å². The van der Waals surface area contributed by atoms with Crippen LogP contribution in [0.1, 0.15) is 37.7 Å². The van der Waals surface area contributed by atoms with E-state index in [9.17, 15) is 18.8 Å². The minimum Gasteiger partial charge on any atom is -0.324 e. The van der Waals surface area contributed by atoms with Crippen molar-refractivity contribution in [3.8, 4) is 0 Å². The number of benzene rings is 1. The summed E-state index contributed by atoms with van der Waals surface area (Å²) in [5.74, 6) is -1.89. The molecule has 8 heteroatoms. The summed E-state index contributed by atoms with van der Waals surface area (Å²) in [5.41, 5.74) is -0.433. The van der Waals surface area contributed by atoms with E-state index in [0.717, 1.165) is 31.4 Å². The van der Waals surface area contributed by atoms with Gasteiger partial charge in [0.05, 0.1) is 11.8 Å². The number of halogens is 1. The van der Waals surface area contributed by atoms with Crippen LogP contribution < -0.4 is 10.6 Å². The highest BCUT2D eigenvalue weighted by molar-refractivity contribution is 7.98. The molecule has 1 aromatic carbocycles. The van der Waals surface area contributed by atoms with Crippen LogP contribution in [0.2, 0.25) is 0 Å². The summed E-state index contributed by atoms with van der Waals surface area (Å²) >= 11 is 1.66. The molecule has 2 N–H and O–H groups in total. The Morgan fingerprint density at radius 2 is 1.97 bits per heavy atom. The van der Waals surface area contributed by atoms with Crippen molar-refractivity contribution in [1.82, 2.24) is 10.2 Å². The smallest absolute Gasteiger partial charge is 0.250 e. The second-order valence-corrected chi connectivity index (χ2v) is 9.46. The maximum atomic E-state index is 14.1. The molecule has 3 fully saturated rings. The first-order chi connectivity index (χ1) is 14.0. The topological polar surface area (TPSA) is 78.5 Å². The number of carbonyl (C=O) groups excluding carboxylic acids is 3. The second-order valence-electron chi connectivity index (χ2n) is 8.47. The average molecular weight is 418 g/mol. The van der Waals surface area contributed by atoms with Gasteiger partial charge in [0.2, 0.25) is 17.7 Å². The van der Waals surface area contributed by atoms with Gasteiger partial charge in [-0.3, -0.25) is 24.6 Å². The summed E-state index contributed by atoms with van der Waals surface area (Å²) < 4.78 is 14.1. The third kappa shape index (κ3) is 2.54. The van der Waals surface area contributed by atoms with E-state index < -0.39 is 23.2 Å². The lowest BCUT2D eigenvalue weighted by Gasteiger charge is -2.31. The fourth-order valence-corrected chi connectivity index (χ4v) is 6.30. The predicted molar refractivity (Wildman–Crippen MR) is 108 cm³/mol. The third-order valence-corrected chi connectivity index (χ3v) is 7.68. The number of nitrogens with zero attached hydrogens (tertiary/aromatic N) is 1. The van der Waals surface area contributed by atoms with Crippen molar-refractivity contribution in [1.29, 1.82) is 0 Å². The van der Waals surface area contributed by atoms with Gasteiger partial charge in [-0.25, -0.2) is 4.39 Å². The Labute approximate surface area is 173 Å². The quantitative estimate of drug-likeness (QED) is 0.735. The van der Waals surface area contributed by atoms with Crippen LogP contribution in [0.25, 0.3) is 0 Å². The van der Waals surface area contributed by atoms with Crippen LogP contribution in [0, 0.1) is 17.7 Å². The van der Waals surface area contributed by atoms with Gasteiger partial charge in [-0.05, 0) is 49.5 Å². The normalized spacial score (nSPS) is 33.7. The van der Waals surface area contributed by atoms with Gasteiger partial charge in [0.25, 0.3) is 0 Å². The molecule has 4 aliphatic rings. The van der Waals surface area contributed by atoms with Crippen LogP contribution >= 0.6 is 11.8 Å². The Morgan fingerprint density at radius 3 is 2.69 bits per heavy atom. The Morgan fingerprint density at radius 1 is 1.21 bits per heavy atom. The van der Waals surface area contributed by atoms with Crippen LogP contribution in [0.3, 0.4) is 0 Å². The van der Waals surface area contributed by atoms with E-state index in [0.29, 0.717) is 17.7 Å². The van der Waals surface area contributed by atoms with Crippen molar-refractivity contribution in [2.24, 2.45) is 11.8 Å². The Bertz CT molecular complexity index is 903. The first-order valence-electron chi connectivity index (χ1n) is 10.2. The molecule has 5 rings (SSSR count). The SMILES string of the molecule is CSCC[C@H]1N[C@]2(C(=O)Nc3ccc(F)cc32)[C@@H]2C(=O)N(C3CCCC3)C(=O)[C@@H]21. The summed E-state index contributed by atoms with van der Waals surface area (Å²) in [7, 11) is 0. The lowest BCUT2D eigenvalue weighted by atomic mass is 9.76. The molecule has 1 spiro atoms. The minimum absolute atomic E-state index is 0.0738. The van der Waals surface area contributed by atoms with Crippen LogP contribution in [0.5, 0.6) is 0 Å². The van der Waals surface area contributed by atoms with Gasteiger partial charge >= 0.3 is 0 Å². The highest BCUT2D eigenvalue weighted by atomic mass is 32.2. The average Bonchev–Trinajstić information content (AvgIpc) is 3.43. The first-order valence-corrected chi connectivity index (χ1v) is 11.6. The molecule has 1 aliphatic carbocycles. The number of thioether (sulfide) groups is 1. The number of hydrogen-bond acceptors (Lipinski definition) is 5. The number of rotatable bonds is 4. The number of nitrogens with one attached hydrogen (secondary N) is 2. The molecule has 1 saturated carbocycles. The lowest BCUT2D eigenvalue weighted by Crippen LogP contribution is -2.54. The minimum atomic E-state index is -1.38. The molecule has 4 atom stereocenters. The number of anilines is 1. The molecule has 3 heterocycles. The zero-order chi connectivity index (χ0) is 20.3.